The number of non-ortho nitro benzene ring substituents is 1. The van der Waals surface area contributed by atoms with Crippen LogP contribution < -0.4 is 10.6 Å². The van der Waals surface area contributed by atoms with Crippen LogP contribution in [0.4, 0.5) is 17.1 Å². The summed E-state index contributed by atoms with van der Waals surface area (Å²) in [7, 11) is 1.65. The van der Waals surface area contributed by atoms with Crippen molar-refractivity contribution in [2.24, 2.45) is 0 Å². The lowest BCUT2D eigenvalue weighted by Gasteiger charge is -2.10. The van der Waals surface area contributed by atoms with Gasteiger partial charge in [-0.2, -0.15) is 0 Å². The molecule has 8 heteroatoms. The number of fused-ring (bicyclic) bond motifs is 1. The van der Waals surface area contributed by atoms with E-state index in [1.807, 2.05) is 36.4 Å². The molecule has 0 aliphatic heterocycles. The van der Waals surface area contributed by atoms with Crippen LogP contribution in [-0.2, 0) is 0 Å². The van der Waals surface area contributed by atoms with E-state index in [1.54, 1.807) is 19.2 Å². The maximum atomic E-state index is 12.6. The second kappa shape index (κ2) is 7.43. The molecule has 29 heavy (non-hydrogen) atoms. The van der Waals surface area contributed by atoms with Gasteiger partial charge in [0.25, 0.3) is 11.6 Å². The molecule has 0 spiro atoms. The van der Waals surface area contributed by atoms with Crippen molar-refractivity contribution in [3.63, 3.8) is 0 Å². The number of aromatic nitrogens is 2. The van der Waals surface area contributed by atoms with E-state index >= 15 is 0 Å². The summed E-state index contributed by atoms with van der Waals surface area (Å²) in [6.07, 6.45) is 0. The van der Waals surface area contributed by atoms with E-state index in [4.69, 9.17) is 0 Å². The molecule has 8 nitrogen and oxygen atoms in total. The first-order chi connectivity index (χ1) is 14.0. The van der Waals surface area contributed by atoms with Crippen molar-refractivity contribution in [2.45, 2.75) is 0 Å². The zero-order chi connectivity index (χ0) is 20.4. The molecule has 3 aromatic carbocycles. The van der Waals surface area contributed by atoms with Gasteiger partial charge in [-0.05, 0) is 42.5 Å². The number of hydrogen-bond acceptors (Lipinski definition) is 5. The van der Waals surface area contributed by atoms with Gasteiger partial charge in [0, 0.05) is 36.1 Å². The lowest BCUT2D eigenvalue weighted by atomic mass is 10.1. The van der Waals surface area contributed by atoms with Crippen molar-refractivity contribution >= 4 is 34.0 Å². The first kappa shape index (κ1) is 18.2. The molecule has 4 rings (SSSR count). The predicted molar refractivity (Wildman–Crippen MR) is 112 cm³/mol. The number of anilines is 2. The monoisotopic (exact) mass is 387 g/mol. The van der Waals surface area contributed by atoms with Crippen LogP contribution in [0.2, 0.25) is 0 Å². The van der Waals surface area contributed by atoms with E-state index in [2.05, 4.69) is 20.6 Å². The zero-order valence-electron chi connectivity index (χ0n) is 15.5. The Hall–Kier alpha value is -4.20. The maximum Gasteiger partial charge on any atom is 0.270 e. The first-order valence-electron chi connectivity index (χ1n) is 8.88. The summed E-state index contributed by atoms with van der Waals surface area (Å²) in [5.74, 6) is 0.301. The Kier molecular flexibility index (Phi) is 4.66. The summed E-state index contributed by atoms with van der Waals surface area (Å²) in [5.41, 5.74) is 3.84. The van der Waals surface area contributed by atoms with E-state index in [9.17, 15) is 14.9 Å². The fraction of sp³-hybridized carbons (Fsp3) is 0.0476. The summed E-state index contributed by atoms with van der Waals surface area (Å²) >= 11 is 0. The molecule has 0 bridgehead atoms. The quantitative estimate of drug-likeness (QED) is 0.346. The van der Waals surface area contributed by atoms with Crippen LogP contribution in [0.3, 0.4) is 0 Å². The summed E-state index contributed by atoms with van der Waals surface area (Å²) in [6, 6.07) is 19.1. The van der Waals surface area contributed by atoms with Crippen LogP contribution in [0.1, 0.15) is 10.4 Å². The Balaban J connectivity index is 1.56. The number of rotatable bonds is 5. The molecular weight excluding hydrogens is 370 g/mol. The molecule has 0 saturated carbocycles. The Morgan fingerprint density at radius 2 is 1.83 bits per heavy atom. The number of nitrogens with zero attached hydrogens (tertiary/aromatic N) is 2. The molecule has 0 saturated heterocycles. The number of nitro benzene ring substituents is 1. The average Bonchev–Trinajstić information content (AvgIpc) is 3.18. The molecule has 0 atom stereocenters. The smallest absolute Gasteiger partial charge is 0.270 e. The Labute approximate surface area is 165 Å². The number of nitro groups is 1. The van der Waals surface area contributed by atoms with Gasteiger partial charge in [0.05, 0.1) is 21.5 Å². The summed E-state index contributed by atoms with van der Waals surface area (Å²) in [5, 5.41) is 16.7. The van der Waals surface area contributed by atoms with E-state index in [0.29, 0.717) is 11.4 Å². The third-order valence-electron chi connectivity index (χ3n) is 4.53. The molecule has 4 aromatic rings. The number of amides is 1. The second-order valence-corrected chi connectivity index (χ2v) is 6.37. The van der Waals surface area contributed by atoms with Crippen LogP contribution in [0.25, 0.3) is 22.4 Å². The number of hydrogen-bond donors (Lipinski definition) is 3. The van der Waals surface area contributed by atoms with Crippen LogP contribution in [0.5, 0.6) is 0 Å². The van der Waals surface area contributed by atoms with Crippen LogP contribution in [-0.4, -0.2) is 27.8 Å². The molecule has 0 radical (unpaired) electrons. The van der Waals surface area contributed by atoms with Crippen molar-refractivity contribution in [2.75, 3.05) is 17.7 Å². The minimum atomic E-state index is -0.529. The number of benzene rings is 3. The van der Waals surface area contributed by atoms with E-state index < -0.39 is 10.8 Å². The van der Waals surface area contributed by atoms with E-state index in [-0.39, 0.29) is 11.3 Å². The molecule has 3 N–H and O–H groups in total. The Bertz CT molecular complexity index is 1180. The highest BCUT2D eigenvalue weighted by atomic mass is 16.6. The fourth-order valence-electron chi connectivity index (χ4n) is 3.05. The van der Waals surface area contributed by atoms with Gasteiger partial charge in [0.2, 0.25) is 0 Å². The molecule has 0 aliphatic carbocycles. The normalized spacial score (nSPS) is 10.7. The predicted octanol–water partition coefficient (Wildman–Crippen LogP) is 4.43. The largest absolute Gasteiger partial charge is 0.387 e. The number of imidazole rings is 1. The SMILES string of the molecule is CNc1ccc([N+](=O)[O-])cc1C(=O)Nc1ccc(-c2nc3ccccc3[nH]2)cc1. The van der Waals surface area contributed by atoms with Crippen molar-refractivity contribution in [3.8, 4) is 11.4 Å². The molecule has 1 heterocycles. The third kappa shape index (κ3) is 3.63. The van der Waals surface area contributed by atoms with Crippen LogP contribution >= 0.6 is 0 Å². The number of nitrogens with one attached hydrogen (secondary N) is 3. The molecule has 0 unspecified atom stereocenters. The molecule has 0 aliphatic rings. The van der Waals surface area contributed by atoms with Crippen molar-refractivity contribution in [1.82, 2.24) is 9.97 Å². The zero-order valence-corrected chi connectivity index (χ0v) is 15.5. The second-order valence-electron chi connectivity index (χ2n) is 6.37. The number of H-pyrrole nitrogens is 1. The standard InChI is InChI=1S/C21H17N5O3/c1-22-17-11-10-15(26(28)29)12-16(17)21(27)23-14-8-6-13(7-9-14)20-24-18-4-2-3-5-19(18)25-20/h2-12,22H,1H3,(H,23,27)(H,24,25). The number of carbonyl (C=O) groups excluding carboxylic acids is 1. The van der Waals surface area contributed by atoms with Gasteiger partial charge in [0.1, 0.15) is 5.82 Å². The summed E-state index contributed by atoms with van der Waals surface area (Å²) < 4.78 is 0. The molecular formula is C21H17N5O3. The highest BCUT2D eigenvalue weighted by Crippen LogP contribution is 2.25. The minimum absolute atomic E-state index is 0.144. The van der Waals surface area contributed by atoms with Crippen LogP contribution in [0, 0.1) is 10.1 Å². The molecule has 1 aromatic heterocycles. The number of para-hydroxylation sites is 2. The summed E-state index contributed by atoms with van der Waals surface area (Å²) in [6.45, 7) is 0. The van der Waals surface area contributed by atoms with Crippen molar-refractivity contribution in [1.29, 1.82) is 0 Å². The maximum absolute atomic E-state index is 12.6. The third-order valence-corrected chi connectivity index (χ3v) is 4.53. The van der Waals surface area contributed by atoms with Gasteiger partial charge in [0.15, 0.2) is 0 Å². The Morgan fingerprint density at radius 1 is 1.07 bits per heavy atom. The van der Waals surface area contributed by atoms with E-state index in [0.717, 1.165) is 22.4 Å². The van der Waals surface area contributed by atoms with Crippen molar-refractivity contribution in [3.05, 3.63) is 82.4 Å². The lowest BCUT2D eigenvalue weighted by molar-refractivity contribution is -0.384. The molecule has 0 fully saturated rings. The van der Waals surface area contributed by atoms with Gasteiger partial charge in [-0.1, -0.05) is 12.1 Å². The van der Waals surface area contributed by atoms with Gasteiger partial charge in [-0.3, -0.25) is 14.9 Å². The highest BCUT2D eigenvalue weighted by molar-refractivity contribution is 6.08. The molecule has 144 valence electrons. The lowest BCUT2D eigenvalue weighted by Crippen LogP contribution is -2.14. The minimum Gasteiger partial charge on any atom is -0.387 e. The molecule has 1 amide bonds. The topological polar surface area (TPSA) is 113 Å². The van der Waals surface area contributed by atoms with Gasteiger partial charge in [-0.25, -0.2) is 4.98 Å². The fourth-order valence-corrected chi connectivity index (χ4v) is 3.05. The van der Waals surface area contributed by atoms with Gasteiger partial charge >= 0.3 is 0 Å². The van der Waals surface area contributed by atoms with Gasteiger partial charge < -0.3 is 15.6 Å². The van der Waals surface area contributed by atoms with Crippen molar-refractivity contribution < 1.29 is 9.72 Å². The Morgan fingerprint density at radius 3 is 2.52 bits per heavy atom. The number of aromatic amines is 1. The van der Waals surface area contributed by atoms with E-state index in [1.165, 1.54) is 18.2 Å². The summed E-state index contributed by atoms with van der Waals surface area (Å²) in [4.78, 5) is 30.9. The van der Waals surface area contributed by atoms with Gasteiger partial charge in [-0.15, -0.1) is 0 Å². The first-order valence-corrected chi connectivity index (χ1v) is 8.88. The highest BCUT2D eigenvalue weighted by Gasteiger charge is 2.16. The average molecular weight is 387 g/mol. The van der Waals surface area contributed by atoms with Crippen LogP contribution in [0.15, 0.2) is 66.7 Å². The number of carbonyl (C=O) groups is 1.